The molecule has 1 atom stereocenters. The number of benzene rings is 1. The Labute approximate surface area is 213 Å². The Morgan fingerprint density at radius 3 is 2.31 bits per heavy atom. The number of primary amides is 1. The third-order valence-electron chi connectivity index (χ3n) is 7.86. The van der Waals surface area contributed by atoms with Gasteiger partial charge in [0.2, 0.25) is 5.91 Å². The van der Waals surface area contributed by atoms with Crippen molar-refractivity contribution >= 4 is 17.9 Å². The minimum Gasteiger partial charge on any atom is -0.463 e. The summed E-state index contributed by atoms with van der Waals surface area (Å²) in [7, 11) is 0. The predicted molar refractivity (Wildman–Crippen MR) is 137 cm³/mol. The van der Waals surface area contributed by atoms with Gasteiger partial charge in [0, 0.05) is 25.3 Å². The van der Waals surface area contributed by atoms with E-state index in [0.717, 1.165) is 37.9 Å². The smallest absolute Gasteiger partial charge is 0.338 e. The lowest BCUT2D eigenvalue weighted by atomic mass is 9.83. The molecule has 3 aliphatic heterocycles. The van der Waals surface area contributed by atoms with Crippen LogP contribution in [0.4, 0.5) is 4.79 Å². The summed E-state index contributed by atoms with van der Waals surface area (Å²) in [5, 5.41) is 5.77. The van der Waals surface area contributed by atoms with Crippen molar-refractivity contribution in [3.63, 3.8) is 0 Å². The molecule has 1 aromatic carbocycles. The van der Waals surface area contributed by atoms with Gasteiger partial charge in [0.25, 0.3) is 0 Å². The quantitative estimate of drug-likeness (QED) is 0.474. The zero-order valence-corrected chi connectivity index (χ0v) is 21.5. The van der Waals surface area contributed by atoms with Gasteiger partial charge in [-0.25, -0.2) is 9.59 Å². The summed E-state index contributed by atoms with van der Waals surface area (Å²) in [6.45, 7) is 7.59. The Hall–Kier alpha value is -2.91. The van der Waals surface area contributed by atoms with Crippen LogP contribution in [0.25, 0.3) is 0 Å². The molecule has 0 unspecified atom stereocenters. The minimum atomic E-state index is -0.615. The van der Waals surface area contributed by atoms with E-state index in [9.17, 15) is 14.4 Å². The summed E-state index contributed by atoms with van der Waals surface area (Å²) < 4.78 is 5.40. The number of carbonyl (C=O) groups is 3. The van der Waals surface area contributed by atoms with E-state index in [0.29, 0.717) is 43.7 Å². The molecule has 4 rings (SSSR count). The Morgan fingerprint density at radius 1 is 1.06 bits per heavy atom. The second-order valence-electron chi connectivity index (χ2n) is 9.96. The van der Waals surface area contributed by atoms with Crippen LogP contribution in [0.15, 0.2) is 35.5 Å². The molecule has 3 amide bonds. The Kier molecular flexibility index (Phi) is 8.31. The molecule has 0 aromatic heterocycles. The molecule has 9 heteroatoms. The third-order valence-corrected chi connectivity index (χ3v) is 7.86. The molecule has 1 aromatic rings. The van der Waals surface area contributed by atoms with Crippen molar-refractivity contribution in [3.8, 4) is 0 Å². The molecule has 196 valence electrons. The molecule has 36 heavy (non-hydrogen) atoms. The number of urea groups is 1. The van der Waals surface area contributed by atoms with Crippen LogP contribution in [0.5, 0.6) is 0 Å². The molecular weight excluding hydrogens is 458 g/mol. The van der Waals surface area contributed by atoms with Crippen LogP contribution >= 0.6 is 0 Å². The van der Waals surface area contributed by atoms with E-state index in [2.05, 4.69) is 27.4 Å². The molecule has 2 fully saturated rings. The lowest BCUT2D eigenvalue weighted by Gasteiger charge is -2.48. The number of hydrogen-bond acceptors (Lipinski definition) is 6. The number of hydrogen-bond donors (Lipinski definition) is 3. The van der Waals surface area contributed by atoms with Gasteiger partial charge in [0.05, 0.1) is 18.2 Å². The van der Waals surface area contributed by atoms with Gasteiger partial charge in [0.1, 0.15) is 5.54 Å². The average molecular weight is 498 g/mol. The number of nitrogens with zero attached hydrogens (tertiary/aromatic N) is 2. The fourth-order valence-corrected chi connectivity index (χ4v) is 5.73. The fourth-order valence-electron chi connectivity index (χ4n) is 5.73. The molecular formula is C27H39N5O4. The van der Waals surface area contributed by atoms with Gasteiger partial charge in [-0.05, 0) is 63.2 Å². The summed E-state index contributed by atoms with van der Waals surface area (Å²) in [6, 6.07) is 6.99. The summed E-state index contributed by atoms with van der Waals surface area (Å²) in [5.74, 6) is -0.692. The van der Waals surface area contributed by atoms with Crippen molar-refractivity contribution < 1.29 is 19.1 Å². The van der Waals surface area contributed by atoms with E-state index in [1.807, 2.05) is 24.3 Å². The van der Waals surface area contributed by atoms with Gasteiger partial charge in [-0.2, -0.15) is 0 Å². The standard InChI is InChI=1S/C27H39N5O4/c1-3-19-8-10-20(11-9-19)23-22(24(33)36-4-2)21(29-26(35)30-23)18-31-16-12-27(13-17-31,25(28)34)32-14-6-5-7-15-32/h8-11,23H,3-7,12-18H2,1-2H3,(H2,28,34)(H2,29,30,35)/t23-/m0/s1. The molecule has 4 N–H and O–H groups in total. The monoisotopic (exact) mass is 497 g/mol. The van der Waals surface area contributed by atoms with Gasteiger partial charge in [-0.15, -0.1) is 0 Å². The van der Waals surface area contributed by atoms with Crippen molar-refractivity contribution in [1.82, 2.24) is 20.4 Å². The molecule has 2 saturated heterocycles. The number of ether oxygens (including phenoxy) is 1. The van der Waals surface area contributed by atoms with Gasteiger partial charge < -0.3 is 21.1 Å². The number of piperidine rings is 2. The lowest BCUT2D eigenvalue weighted by Crippen LogP contribution is -2.63. The Balaban J connectivity index is 1.57. The lowest BCUT2D eigenvalue weighted by molar-refractivity contribution is -0.139. The van der Waals surface area contributed by atoms with Crippen LogP contribution in [-0.2, 0) is 20.7 Å². The molecule has 0 spiro atoms. The second-order valence-corrected chi connectivity index (χ2v) is 9.96. The Morgan fingerprint density at radius 2 is 1.72 bits per heavy atom. The van der Waals surface area contributed by atoms with E-state index in [1.165, 1.54) is 12.0 Å². The van der Waals surface area contributed by atoms with Crippen molar-refractivity contribution in [2.75, 3.05) is 39.3 Å². The minimum absolute atomic E-state index is 0.242. The molecule has 0 bridgehead atoms. The second kappa shape index (κ2) is 11.4. The van der Waals surface area contributed by atoms with Gasteiger partial charge >= 0.3 is 12.0 Å². The highest BCUT2D eigenvalue weighted by molar-refractivity contribution is 5.95. The number of nitrogens with one attached hydrogen (secondary N) is 2. The van der Waals surface area contributed by atoms with Crippen LogP contribution in [-0.4, -0.2) is 72.6 Å². The zero-order chi connectivity index (χ0) is 25.7. The molecule has 0 aliphatic carbocycles. The number of aryl methyl sites for hydroxylation is 1. The van der Waals surface area contributed by atoms with E-state index < -0.39 is 17.6 Å². The number of amides is 3. The first-order chi connectivity index (χ1) is 17.4. The molecule has 0 saturated carbocycles. The van der Waals surface area contributed by atoms with Crippen molar-refractivity contribution in [3.05, 3.63) is 46.7 Å². The number of nitrogens with two attached hydrogens (primary N) is 1. The third kappa shape index (κ3) is 5.42. The largest absolute Gasteiger partial charge is 0.463 e. The van der Waals surface area contributed by atoms with Crippen LogP contribution in [0.2, 0.25) is 0 Å². The van der Waals surface area contributed by atoms with Gasteiger partial charge in [0.15, 0.2) is 0 Å². The molecule has 3 aliphatic rings. The first-order valence-corrected chi connectivity index (χ1v) is 13.2. The van der Waals surface area contributed by atoms with Crippen LogP contribution in [0, 0.1) is 0 Å². The fraction of sp³-hybridized carbons (Fsp3) is 0.593. The zero-order valence-electron chi connectivity index (χ0n) is 21.5. The van der Waals surface area contributed by atoms with E-state index in [-0.39, 0.29) is 18.5 Å². The van der Waals surface area contributed by atoms with Crippen LogP contribution < -0.4 is 16.4 Å². The molecule has 3 heterocycles. The highest BCUT2D eigenvalue weighted by Gasteiger charge is 2.45. The summed E-state index contributed by atoms with van der Waals surface area (Å²) in [5.41, 5.74) is 8.31. The number of rotatable bonds is 8. The SMILES string of the molecule is CCOC(=O)C1=C(CN2CCC(C(N)=O)(N3CCCCC3)CC2)NC(=O)N[C@H]1c1ccc(CC)cc1. The van der Waals surface area contributed by atoms with Gasteiger partial charge in [-0.3, -0.25) is 14.6 Å². The van der Waals surface area contributed by atoms with E-state index in [1.54, 1.807) is 6.92 Å². The molecule has 9 nitrogen and oxygen atoms in total. The van der Waals surface area contributed by atoms with Crippen LogP contribution in [0.3, 0.4) is 0 Å². The first-order valence-electron chi connectivity index (χ1n) is 13.2. The first kappa shape index (κ1) is 26.2. The van der Waals surface area contributed by atoms with Crippen LogP contribution in [0.1, 0.15) is 63.1 Å². The van der Waals surface area contributed by atoms with E-state index in [4.69, 9.17) is 10.5 Å². The normalized spacial score (nSPS) is 23.1. The number of esters is 1. The summed E-state index contributed by atoms with van der Waals surface area (Å²) in [4.78, 5) is 42.8. The highest BCUT2D eigenvalue weighted by Crippen LogP contribution is 2.33. The summed E-state index contributed by atoms with van der Waals surface area (Å²) in [6.07, 6.45) is 5.56. The van der Waals surface area contributed by atoms with Crippen molar-refractivity contribution in [2.24, 2.45) is 5.73 Å². The summed E-state index contributed by atoms with van der Waals surface area (Å²) >= 11 is 0. The Bertz CT molecular complexity index is 992. The average Bonchev–Trinajstić information content (AvgIpc) is 2.89. The topological polar surface area (TPSA) is 117 Å². The van der Waals surface area contributed by atoms with Crippen molar-refractivity contribution in [2.45, 2.75) is 64.0 Å². The highest BCUT2D eigenvalue weighted by atomic mass is 16.5. The molecule has 0 radical (unpaired) electrons. The predicted octanol–water partition coefficient (Wildman–Crippen LogP) is 2.23. The maximum absolute atomic E-state index is 13.1. The number of likely N-dealkylation sites (tertiary alicyclic amines) is 2. The van der Waals surface area contributed by atoms with E-state index >= 15 is 0 Å². The maximum Gasteiger partial charge on any atom is 0.338 e. The van der Waals surface area contributed by atoms with Crippen molar-refractivity contribution in [1.29, 1.82) is 0 Å². The number of carbonyl (C=O) groups excluding carboxylic acids is 3. The van der Waals surface area contributed by atoms with Gasteiger partial charge in [-0.1, -0.05) is 37.6 Å². The maximum atomic E-state index is 13.1.